The van der Waals surface area contributed by atoms with Gasteiger partial charge in [0, 0.05) is 14.5 Å². The van der Waals surface area contributed by atoms with Crippen molar-refractivity contribution in [1.82, 2.24) is 4.98 Å². The molecule has 0 aliphatic carbocycles. The van der Waals surface area contributed by atoms with Crippen LogP contribution in [0.1, 0.15) is 21.6 Å². The highest BCUT2D eigenvalue weighted by Gasteiger charge is 2.33. The normalized spacial score (nSPS) is 11.5. The number of benzene rings is 1. The van der Waals surface area contributed by atoms with Gasteiger partial charge < -0.3 is 0 Å². The topological polar surface area (TPSA) is 30.0 Å². The summed E-state index contributed by atoms with van der Waals surface area (Å²) < 4.78 is 38.8. The van der Waals surface area contributed by atoms with Gasteiger partial charge in [0.05, 0.1) is 5.56 Å². The van der Waals surface area contributed by atoms with Gasteiger partial charge in [-0.2, -0.15) is 13.2 Å². The number of carbonyl (C=O) groups excluding carboxylic acids is 1. The van der Waals surface area contributed by atoms with E-state index in [2.05, 4.69) is 36.8 Å². The summed E-state index contributed by atoms with van der Waals surface area (Å²) in [5.41, 5.74) is -0.951. The van der Waals surface area contributed by atoms with Crippen LogP contribution in [0.15, 0.2) is 39.3 Å². The van der Waals surface area contributed by atoms with Crippen LogP contribution in [0.4, 0.5) is 13.2 Å². The number of hydrogen-bond donors (Lipinski definition) is 0. The number of halogens is 6. The third-order valence-electron chi connectivity index (χ3n) is 2.56. The Hall–Kier alpha value is -0.920. The Bertz CT molecular complexity index is 719. The van der Waals surface area contributed by atoms with E-state index in [0.29, 0.717) is 4.47 Å². The molecule has 0 atom stereocenters. The maximum Gasteiger partial charge on any atom is 0.433 e. The van der Waals surface area contributed by atoms with Crippen LogP contribution in [0.2, 0.25) is 5.15 Å². The Kier molecular flexibility index (Phi) is 4.75. The van der Waals surface area contributed by atoms with Gasteiger partial charge in [-0.05, 0) is 46.3 Å². The summed E-state index contributed by atoms with van der Waals surface area (Å²) in [7, 11) is 0. The fraction of sp³-hybridized carbons (Fsp3) is 0.0769. The number of pyridine rings is 1. The largest absolute Gasteiger partial charge is 0.433 e. The van der Waals surface area contributed by atoms with Crippen molar-refractivity contribution < 1.29 is 18.0 Å². The molecule has 2 rings (SSSR count). The SMILES string of the molecule is O=C(c1ccc(Br)cc1Br)c1ccc(C(F)(F)F)nc1Cl. The van der Waals surface area contributed by atoms with E-state index >= 15 is 0 Å². The standard InChI is InChI=1S/C13H5Br2ClF3NO/c14-6-1-2-7(9(15)5-6)11(21)8-3-4-10(13(17,18)19)20-12(8)16/h1-5H. The van der Waals surface area contributed by atoms with Crippen LogP contribution in [-0.2, 0) is 6.18 Å². The molecule has 0 bridgehead atoms. The molecule has 21 heavy (non-hydrogen) atoms. The number of nitrogens with zero attached hydrogens (tertiary/aromatic N) is 1. The average molecular weight is 443 g/mol. The highest BCUT2D eigenvalue weighted by molar-refractivity contribution is 9.11. The van der Waals surface area contributed by atoms with E-state index in [4.69, 9.17) is 11.6 Å². The van der Waals surface area contributed by atoms with Crippen molar-refractivity contribution in [2.24, 2.45) is 0 Å². The van der Waals surface area contributed by atoms with Gasteiger partial charge in [-0.25, -0.2) is 4.98 Å². The molecule has 1 aromatic heterocycles. The van der Waals surface area contributed by atoms with Crippen molar-refractivity contribution >= 4 is 49.2 Å². The van der Waals surface area contributed by atoms with E-state index in [0.717, 1.165) is 16.6 Å². The quantitative estimate of drug-likeness (QED) is 0.453. The Morgan fingerprint density at radius 3 is 2.24 bits per heavy atom. The maximum absolute atomic E-state index is 12.5. The molecule has 0 N–H and O–H groups in total. The summed E-state index contributed by atoms with van der Waals surface area (Å²) in [4.78, 5) is 15.5. The fourth-order valence-corrected chi connectivity index (χ4v) is 3.05. The zero-order valence-electron chi connectivity index (χ0n) is 10.0. The molecule has 0 aliphatic rings. The van der Waals surface area contributed by atoms with E-state index in [1.54, 1.807) is 12.1 Å². The van der Waals surface area contributed by atoms with Gasteiger partial charge >= 0.3 is 6.18 Å². The Balaban J connectivity index is 2.45. The minimum atomic E-state index is -4.61. The maximum atomic E-state index is 12.5. The fourth-order valence-electron chi connectivity index (χ4n) is 1.58. The Morgan fingerprint density at radius 1 is 1.10 bits per heavy atom. The number of aromatic nitrogens is 1. The van der Waals surface area contributed by atoms with Gasteiger partial charge in [0.1, 0.15) is 10.8 Å². The van der Waals surface area contributed by atoms with Gasteiger partial charge in [-0.3, -0.25) is 4.79 Å². The molecule has 0 spiro atoms. The van der Waals surface area contributed by atoms with E-state index in [1.165, 1.54) is 6.07 Å². The molecule has 0 radical (unpaired) electrons. The van der Waals surface area contributed by atoms with E-state index in [1.807, 2.05) is 0 Å². The molecule has 0 unspecified atom stereocenters. The molecule has 0 amide bonds. The van der Waals surface area contributed by atoms with Crippen molar-refractivity contribution in [2.45, 2.75) is 6.18 Å². The number of ketones is 1. The number of carbonyl (C=O) groups is 1. The Labute approximate surface area is 139 Å². The third kappa shape index (κ3) is 3.64. The van der Waals surface area contributed by atoms with Crippen molar-refractivity contribution in [3.8, 4) is 0 Å². The third-order valence-corrected chi connectivity index (χ3v) is 4.00. The lowest BCUT2D eigenvalue weighted by molar-refractivity contribution is -0.141. The molecule has 0 saturated carbocycles. The summed E-state index contributed by atoms with van der Waals surface area (Å²) >= 11 is 12.2. The molecule has 110 valence electrons. The molecule has 8 heteroatoms. The van der Waals surface area contributed by atoms with Crippen LogP contribution in [0.3, 0.4) is 0 Å². The molecule has 2 nitrogen and oxygen atoms in total. The van der Waals surface area contributed by atoms with Crippen LogP contribution in [0.5, 0.6) is 0 Å². The summed E-state index contributed by atoms with van der Waals surface area (Å²) in [5, 5.41) is -0.482. The van der Waals surface area contributed by atoms with Crippen LogP contribution in [0, 0.1) is 0 Å². The van der Waals surface area contributed by atoms with Crippen molar-refractivity contribution in [3.05, 3.63) is 61.3 Å². The van der Waals surface area contributed by atoms with Gasteiger partial charge in [-0.15, -0.1) is 0 Å². The van der Waals surface area contributed by atoms with Gasteiger partial charge in [0.2, 0.25) is 0 Å². The molecule has 0 saturated heterocycles. The first kappa shape index (κ1) is 16.5. The van der Waals surface area contributed by atoms with Crippen molar-refractivity contribution in [1.29, 1.82) is 0 Å². The zero-order chi connectivity index (χ0) is 15.8. The average Bonchev–Trinajstić information content (AvgIpc) is 2.36. The van der Waals surface area contributed by atoms with Crippen LogP contribution >= 0.6 is 43.5 Å². The predicted octanol–water partition coefficient (Wildman–Crippen LogP) is 5.51. The second-order valence-electron chi connectivity index (χ2n) is 3.99. The lowest BCUT2D eigenvalue weighted by Gasteiger charge is -2.09. The first-order valence-corrected chi connectivity index (χ1v) is 7.40. The van der Waals surface area contributed by atoms with Gasteiger partial charge in [0.15, 0.2) is 5.78 Å². The first-order chi connectivity index (χ1) is 9.70. The smallest absolute Gasteiger partial charge is 0.288 e. The minimum absolute atomic E-state index is 0.0901. The second kappa shape index (κ2) is 6.06. The zero-order valence-corrected chi connectivity index (χ0v) is 13.9. The van der Waals surface area contributed by atoms with Crippen LogP contribution < -0.4 is 0 Å². The highest BCUT2D eigenvalue weighted by atomic mass is 79.9. The van der Waals surface area contributed by atoms with Crippen molar-refractivity contribution in [3.63, 3.8) is 0 Å². The summed E-state index contributed by atoms with van der Waals surface area (Å²) in [6.07, 6.45) is -4.61. The number of alkyl halides is 3. The van der Waals surface area contributed by atoms with Crippen molar-refractivity contribution in [2.75, 3.05) is 0 Å². The highest BCUT2D eigenvalue weighted by Crippen LogP contribution is 2.31. The molecule has 0 aliphatic heterocycles. The lowest BCUT2D eigenvalue weighted by Crippen LogP contribution is -2.11. The van der Waals surface area contributed by atoms with E-state index in [9.17, 15) is 18.0 Å². The van der Waals surface area contributed by atoms with Gasteiger partial charge in [0.25, 0.3) is 0 Å². The summed E-state index contributed by atoms with van der Waals surface area (Å²) in [5.74, 6) is -0.513. The van der Waals surface area contributed by atoms with E-state index in [-0.39, 0.29) is 11.1 Å². The summed E-state index contributed by atoms with van der Waals surface area (Å²) in [6.45, 7) is 0. The molecule has 2 aromatic rings. The predicted molar refractivity (Wildman–Crippen MR) is 79.5 cm³/mol. The molecular weight excluding hydrogens is 438 g/mol. The molecule has 0 fully saturated rings. The van der Waals surface area contributed by atoms with E-state index < -0.39 is 22.8 Å². The monoisotopic (exact) mass is 441 g/mol. The second-order valence-corrected chi connectivity index (χ2v) is 6.11. The summed E-state index contributed by atoms with van der Waals surface area (Å²) in [6, 6.07) is 6.58. The van der Waals surface area contributed by atoms with Crippen LogP contribution in [-0.4, -0.2) is 10.8 Å². The van der Waals surface area contributed by atoms with Gasteiger partial charge in [-0.1, -0.05) is 27.5 Å². The number of rotatable bonds is 2. The minimum Gasteiger partial charge on any atom is -0.288 e. The molecule has 1 heterocycles. The first-order valence-electron chi connectivity index (χ1n) is 5.43. The lowest BCUT2D eigenvalue weighted by atomic mass is 10.0. The van der Waals surface area contributed by atoms with Crippen LogP contribution in [0.25, 0.3) is 0 Å². The number of hydrogen-bond acceptors (Lipinski definition) is 2. The molecular formula is C13H5Br2ClF3NO. The Morgan fingerprint density at radius 2 is 1.71 bits per heavy atom. The molecule has 1 aromatic carbocycles.